The van der Waals surface area contributed by atoms with Crippen LogP contribution in [0.1, 0.15) is 69.1 Å². The van der Waals surface area contributed by atoms with Gasteiger partial charge in [0.1, 0.15) is 5.60 Å². The summed E-state index contributed by atoms with van der Waals surface area (Å²) in [6.07, 6.45) is 4.50. The van der Waals surface area contributed by atoms with Gasteiger partial charge in [-0.25, -0.2) is 9.48 Å². The number of ether oxygens (including phenoxy) is 1. The van der Waals surface area contributed by atoms with Crippen molar-refractivity contribution in [3.8, 4) is 5.69 Å². The Morgan fingerprint density at radius 2 is 1.84 bits per heavy atom. The van der Waals surface area contributed by atoms with E-state index in [9.17, 15) is 9.59 Å². The first-order valence-electron chi connectivity index (χ1n) is 13.3. The van der Waals surface area contributed by atoms with Gasteiger partial charge in [-0.1, -0.05) is 32.1 Å². The van der Waals surface area contributed by atoms with Gasteiger partial charge in [0.2, 0.25) is 5.91 Å². The van der Waals surface area contributed by atoms with Gasteiger partial charge in [-0.3, -0.25) is 9.69 Å². The van der Waals surface area contributed by atoms with E-state index in [1.54, 1.807) is 11.0 Å². The molecule has 0 fully saturated rings. The van der Waals surface area contributed by atoms with Crippen LogP contribution in [-0.2, 0) is 22.4 Å². The molecular weight excluding hydrogens is 466 g/mol. The zero-order chi connectivity index (χ0) is 26.9. The zero-order valence-electron chi connectivity index (χ0n) is 23.3. The first kappa shape index (κ1) is 26.9. The summed E-state index contributed by atoms with van der Waals surface area (Å²) >= 11 is 0. The van der Waals surface area contributed by atoms with Crippen LogP contribution in [0, 0.1) is 0 Å². The number of likely N-dealkylation sites (N-methyl/N-ethyl adjacent to an activating group) is 1. The molecule has 0 aliphatic carbocycles. The monoisotopic (exact) mass is 507 g/mol. The van der Waals surface area contributed by atoms with E-state index in [1.165, 1.54) is 5.56 Å². The lowest BCUT2D eigenvalue weighted by molar-refractivity contribution is -0.126. The summed E-state index contributed by atoms with van der Waals surface area (Å²) in [6, 6.07) is 8.27. The number of carbonyl (C=O) groups is 2. The fourth-order valence-electron chi connectivity index (χ4n) is 5.02. The molecule has 8 heteroatoms. The SMILES string of the molecule is CC(C)c1ccc(-n2nc3c4c2CCN(C(=O)OC(C)(C)C)[C@@H]4CN(C(=O)/C=C/CN(C)C)CC3)cc1. The van der Waals surface area contributed by atoms with Crippen LogP contribution in [0.5, 0.6) is 0 Å². The van der Waals surface area contributed by atoms with Crippen molar-refractivity contribution in [2.45, 2.75) is 65.0 Å². The largest absolute Gasteiger partial charge is 0.444 e. The average molecular weight is 508 g/mol. The average Bonchev–Trinajstić information content (AvgIpc) is 3.07. The molecule has 2 aliphatic heterocycles. The lowest BCUT2D eigenvalue weighted by Crippen LogP contribution is -2.47. The van der Waals surface area contributed by atoms with Gasteiger partial charge >= 0.3 is 6.09 Å². The number of hydrogen-bond acceptors (Lipinski definition) is 5. The molecule has 1 aromatic carbocycles. The topological polar surface area (TPSA) is 70.9 Å². The molecule has 37 heavy (non-hydrogen) atoms. The van der Waals surface area contributed by atoms with Gasteiger partial charge in [0.15, 0.2) is 0 Å². The van der Waals surface area contributed by atoms with Gasteiger partial charge in [0, 0.05) is 50.7 Å². The molecule has 2 amide bonds. The minimum Gasteiger partial charge on any atom is -0.444 e. The smallest absolute Gasteiger partial charge is 0.410 e. The Hall–Kier alpha value is -3.13. The number of nitrogens with zero attached hydrogens (tertiary/aromatic N) is 5. The van der Waals surface area contributed by atoms with E-state index in [2.05, 4.69) is 38.1 Å². The number of carbonyl (C=O) groups excluding carboxylic acids is 2. The molecule has 8 nitrogen and oxygen atoms in total. The molecule has 0 spiro atoms. The fourth-order valence-corrected chi connectivity index (χ4v) is 5.02. The quantitative estimate of drug-likeness (QED) is 0.564. The summed E-state index contributed by atoms with van der Waals surface area (Å²) in [7, 11) is 3.94. The normalized spacial score (nSPS) is 17.9. The lowest BCUT2D eigenvalue weighted by atomic mass is 9.96. The van der Waals surface area contributed by atoms with Crippen molar-refractivity contribution >= 4 is 12.0 Å². The molecule has 0 unspecified atom stereocenters. The summed E-state index contributed by atoms with van der Waals surface area (Å²) in [5, 5.41) is 5.04. The molecule has 1 atom stereocenters. The highest BCUT2D eigenvalue weighted by Gasteiger charge is 2.41. The maximum absolute atomic E-state index is 13.3. The highest BCUT2D eigenvalue weighted by molar-refractivity contribution is 5.87. The van der Waals surface area contributed by atoms with Crippen LogP contribution in [0.4, 0.5) is 4.79 Å². The van der Waals surface area contributed by atoms with Crippen molar-refractivity contribution in [3.05, 3.63) is 58.9 Å². The summed E-state index contributed by atoms with van der Waals surface area (Å²) in [5.41, 5.74) is 4.85. The predicted octanol–water partition coefficient (Wildman–Crippen LogP) is 4.33. The first-order chi connectivity index (χ1) is 17.4. The van der Waals surface area contributed by atoms with E-state index < -0.39 is 5.60 Å². The highest BCUT2D eigenvalue weighted by Crippen LogP contribution is 2.37. The third-order valence-corrected chi connectivity index (χ3v) is 6.88. The second-order valence-electron chi connectivity index (χ2n) is 11.6. The van der Waals surface area contributed by atoms with Crippen molar-refractivity contribution in [2.75, 3.05) is 40.3 Å². The van der Waals surface area contributed by atoms with Gasteiger partial charge in [0.25, 0.3) is 0 Å². The summed E-state index contributed by atoms with van der Waals surface area (Å²) < 4.78 is 7.82. The molecule has 4 rings (SSSR count). The van der Waals surface area contributed by atoms with Crippen molar-refractivity contribution in [3.63, 3.8) is 0 Å². The molecule has 0 saturated carbocycles. The second-order valence-corrected chi connectivity index (χ2v) is 11.6. The summed E-state index contributed by atoms with van der Waals surface area (Å²) in [4.78, 5) is 32.0. The number of hydrogen-bond donors (Lipinski definition) is 0. The van der Waals surface area contributed by atoms with E-state index in [0.717, 1.165) is 22.6 Å². The molecule has 0 saturated heterocycles. The molecule has 2 aromatic rings. The predicted molar refractivity (Wildman–Crippen MR) is 145 cm³/mol. The number of amides is 2. The maximum atomic E-state index is 13.3. The third-order valence-electron chi connectivity index (χ3n) is 6.88. The van der Waals surface area contributed by atoms with E-state index in [1.807, 2.05) is 55.4 Å². The Labute approximate surface area is 220 Å². The standard InChI is InChI=1S/C29H41N5O3/c1-20(2)21-10-12-22(13-11-21)34-24-15-18-33(28(36)37-29(3,4)5)25-19-32(17-14-23(30-34)27(24)25)26(35)9-8-16-31(6)7/h8-13,20,25H,14-19H2,1-7H3/b9-8+/t25-/m1/s1. The van der Waals surface area contributed by atoms with Gasteiger partial charge in [-0.15, -0.1) is 0 Å². The second kappa shape index (κ2) is 10.7. The van der Waals surface area contributed by atoms with Crippen molar-refractivity contribution in [1.82, 2.24) is 24.5 Å². The van der Waals surface area contributed by atoms with Crippen LogP contribution < -0.4 is 0 Å². The van der Waals surface area contributed by atoms with E-state index in [-0.39, 0.29) is 18.0 Å². The Bertz CT molecular complexity index is 1160. The Morgan fingerprint density at radius 1 is 1.14 bits per heavy atom. The fraction of sp³-hybridized carbons (Fsp3) is 0.552. The van der Waals surface area contributed by atoms with Crippen LogP contribution in [0.2, 0.25) is 0 Å². The third kappa shape index (κ3) is 6.06. The van der Waals surface area contributed by atoms with E-state index >= 15 is 0 Å². The molecule has 2 aliphatic rings. The highest BCUT2D eigenvalue weighted by atomic mass is 16.6. The Balaban J connectivity index is 1.70. The minimum absolute atomic E-state index is 0.0413. The molecule has 0 bridgehead atoms. The summed E-state index contributed by atoms with van der Waals surface area (Å²) in [5.74, 6) is 0.421. The number of benzene rings is 1. The molecule has 200 valence electrons. The Kier molecular flexibility index (Phi) is 7.78. The molecular formula is C29H41N5O3. The Morgan fingerprint density at radius 3 is 2.46 bits per heavy atom. The van der Waals surface area contributed by atoms with E-state index in [0.29, 0.717) is 44.9 Å². The van der Waals surface area contributed by atoms with Gasteiger partial charge in [0.05, 0.1) is 23.1 Å². The van der Waals surface area contributed by atoms with Gasteiger partial charge in [-0.05, 0) is 58.5 Å². The molecule has 1 aromatic heterocycles. The number of aromatic nitrogens is 2. The minimum atomic E-state index is -0.600. The lowest BCUT2D eigenvalue weighted by Gasteiger charge is -2.38. The van der Waals surface area contributed by atoms with E-state index in [4.69, 9.17) is 9.84 Å². The zero-order valence-corrected chi connectivity index (χ0v) is 23.3. The summed E-state index contributed by atoms with van der Waals surface area (Å²) in [6.45, 7) is 12.2. The molecule has 0 N–H and O–H groups in total. The number of rotatable bonds is 5. The van der Waals surface area contributed by atoms with Crippen molar-refractivity contribution < 1.29 is 14.3 Å². The molecule has 0 radical (unpaired) electrons. The van der Waals surface area contributed by atoms with Gasteiger partial charge in [-0.2, -0.15) is 5.10 Å². The maximum Gasteiger partial charge on any atom is 0.410 e. The first-order valence-corrected chi connectivity index (χ1v) is 13.3. The van der Waals surface area contributed by atoms with Crippen LogP contribution in [0.15, 0.2) is 36.4 Å². The van der Waals surface area contributed by atoms with Crippen molar-refractivity contribution in [1.29, 1.82) is 0 Å². The van der Waals surface area contributed by atoms with Gasteiger partial charge < -0.3 is 14.5 Å². The van der Waals surface area contributed by atoms with Crippen molar-refractivity contribution in [2.24, 2.45) is 0 Å². The van der Waals surface area contributed by atoms with Crippen LogP contribution in [0.25, 0.3) is 5.69 Å². The van der Waals surface area contributed by atoms with Crippen LogP contribution in [0.3, 0.4) is 0 Å². The molecule has 3 heterocycles. The van der Waals surface area contributed by atoms with Crippen LogP contribution >= 0.6 is 0 Å². The van der Waals surface area contributed by atoms with Crippen LogP contribution in [-0.4, -0.2) is 82.4 Å².